The summed E-state index contributed by atoms with van der Waals surface area (Å²) in [5, 5.41) is 11.5. The molecule has 3 heterocycles. The van der Waals surface area contributed by atoms with Crippen LogP contribution in [0.1, 0.15) is 5.82 Å². The van der Waals surface area contributed by atoms with Gasteiger partial charge in [-0.1, -0.05) is 6.58 Å². The summed E-state index contributed by atoms with van der Waals surface area (Å²) in [6, 6.07) is 0. The number of rotatable bonds is 2. The fraction of sp³-hybridized carbons (Fsp3) is 0. The van der Waals surface area contributed by atoms with E-state index < -0.39 is 0 Å². The third kappa shape index (κ3) is 1.89. The maximum absolute atomic E-state index is 12.1. The summed E-state index contributed by atoms with van der Waals surface area (Å²) in [6.45, 7) is 3.34. The zero-order valence-electron chi connectivity index (χ0n) is 9.62. The highest BCUT2D eigenvalue weighted by atomic mass is 32.1. The van der Waals surface area contributed by atoms with Gasteiger partial charge in [0.2, 0.25) is 0 Å². The molecule has 0 atom stereocenters. The standard InChI is InChI=1S/C12H8N4O2S/c1-6(17)10-15-11(18)9-7(5-19-12(9)16-10)8-4-13-2-3-14-8/h2-5,17H,1H2,(H,15,16,18). The summed E-state index contributed by atoms with van der Waals surface area (Å²) in [6.07, 6.45) is 4.71. The summed E-state index contributed by atoms with van der Waals surface area (Å²) in [7, 11) is 0. The highest BCUT2D eigenvalue weighted by Gasteiger charge is 2.14. The molecule has 0 spiro atoms. The van der Waals surface area contributed by atoms with Gasteiger partial charge in [-0.3, -0.25) is 14.8 Å². The monoisotopic (exact) mass is 272 g/mol. The van der Waals surface area contributed by atoms with E-state index in [2.05, 4.69) is 26.5 Å². The van der Waals surface area contributed by atoms with Gasteiger partial charge in [-0.15, -0.1) is 11.3 Å². The average molecular weight is 272 g/mol. The summed E-state index contributed by atoms with van der Waals surface area (Å²) >= 11 is 1.30. The molecule has 19 heavy (non-hydrogen) atoms. The second-order valence-electron chi connectivity index (χ2n) is 3.78. The zero-order chi connectivity index (χ0) is 13.4. The third-order valence-electron chi connectivity index (χ3n) is 2.56. The molecular formula is C12H8N4O2S. The molecule has 94 valence electrons. The van der Waals surface area contributed by atoms with Crippen LogP contribution in [0.25, 0.3) is 27.2 Å². The molecule has 7 heteroatoms. The highest BCUT2D eigenvalue weighted by Crippen LogP contribution is 2.29. The van der Waals surface area contributed by atoms with Crippen LogP contribution in [0, 0.1) is 0 Å². The Labute approximate surface area is 111 Å². The lowest BCUT2D eigenvalue weighted by Gasteiger charge is -1.99. The van der Waals surface area contributed by atoms with Crippen molar-refractivity contribution in [1.29, 1.82) is 0 Å². The Hall–Kier alpha value is -2.54. The summed E-state index contributed by atoms with van der Waals surface area (Å²) in [4.78, 5) is 27.4. The van der Waals surface area contributed by atoms with E-state index in [4.69, 9.17) is 0 Å². The minimum atomic E-state index is -0.336. The van der Waals surface area contributed by atoms with Gasteiger partial charge in [-0.2, -0.15) is 0 Å². The quantitative estimate of drug-likeness (QED) is 0.696. The van der Waals surface area contributed by atoms with Crippen molar-refractivity contribution < 1.29 is 5.11 Å². The minimum absolute atomic E-state index is 0.0741. The van der Waals surface area contributed by atoms with E-state index in [-0.39, 0.29) is 17.1 Å². The fourth-order valence-corrected chi connectivity index (χ4v) is 2.64. The van der Waals surface area contributed by atoms with Crippen molar-refractivity contribution in [2.75, 3.05) is 0 Å². The number of hydrogen-bond donors (Lipinski definition) is 2. The van der Waals surface area contributed by atoms with Crippen LogP contribution in [-0.2, 0) is 0 Å². The maximum Gasteiger partial charge on any atom is 0.260 e. The number of thiophene rings is 1. The molecule has 0 saturated carbocycles. The lowest BCUT2D eigenvalue weighted by molar-refractivity contribution is 0.507. The number of fused-ring (bicyclic) bond motifs is 1. The Balaban J connectivity index is 2.31. The number of H-pyrrole nitrogens is 1. The molecule has 0 aliphatic rings. The minimum Gasteiger partial charge on any atom is -0.505 e. The normalized spacial score (nSPS) is 10.7. The highest BCUT2D eigenvalue weighted by molar-refractivity contribution is 7.17. The second-order valence-corrected chi connectivity index (χ2v) is 4.64. The molecule has 0 aliphatic carbocycles. The largest absolute Gasteiger partial charge is 0.505 e. The Bertz CT molecular complexity index is 823. The van der Waals surface area contributed by atoms with Gasteiger partial charge in [-0.25, -0.2) is 4.98 Å². The van der Waals surface area contributed by atoms with E-state index in [1.807, 2.05) is 0 Å². The average Bonchev–Trinajstić information content (AvgIpc) is 2.84. The lowest BCUT2D eigenvalue weighted by atomic mass is 10.2. The number of aliphatic hydroxyl groups excluding tert-OH is 1. The van der Waals surface area contributed by atoms with Crippen molar-refractivity contribution in [3.05, 3.63) is 46.7 Å². The number of nitrogens with zero attached hydrogens (tertiary/aromatic N) is 3. The summed E-state index contributed by atoms with van der Waals surface area (Å²) in [5.74, 6) is -0.196. The van der Waals surface area contributed by atoms with Crippen molar-refractivity contribution >= 4 is 27.3 Å². The van der Waals surface area contributed by atoms with Crippen molar-refractivity contribution in [2.45, 2.75) is 0 Å². The molecule has 0 saturated heterocycles. The van der Waals surface area contributed by atoms with Gasteiger partial charge in [0.05, 0.1) is 17.3 Å². The van der Waals surface area contributed by atoms with Crippen LogP contribution in [0.15, 0.2) is 35.3 Å². The molecule has 0 aromatic carbocycles. The van der Waals surface area contributed by atoms with Crippen LogP contribution >= 0.6 is 11.3 Å². The van der Waals surface area contributed by atoms with Crippen LogP contribution in [0.2, 0.25) is 0 Å². The molecule has 0 bridgehead atoms. The van der Waals surface area contributed by atoms with Gasteiger partial charge in [-0.05, 0) is 0 Å². The Morgan fingerprint density at radius 1 is 1.42 bits per heavy atom. The smallest absolute Gasteiger partial charge is 0.260 e. The van der Waals surface area contributed by atoms with Crippen molar-refractivity contribution in [3.63, 3.8) is 0 Å². The maximum atomic E-state index is 12.1. The van der Waals surface area contributed by atoms with Crippen LogP contribution in [-0.4, -0.2) is 25.0 Å². The van der Waals surface area contributed by atoms with Crippen LogP contribution in [0.5, 0.6) is 0 Å². The number of aliphatic hydroxyl groups is 1. The SMILES string of the molecule is C=C(O)c1nc2scc(-c3cnccn3)c2c(=O)[nH]1. The molecule has 0 radical (unpaired) electrons. The van der Waals surface area contributed by atoms with Crippen molar-refractivity contribution in [2.24, 2.45) is 0 Å². The van der Waals surface area contributed by atoms with Crippen LogP contribution in [0.4, 0.5) is 0 Å². The van der Waals surface area contributed by atoms with E-state index >= 15 is 0 Å². The van der Waals surface area contributed by atoms with E-state index in [0.717, 1.165) is 0 Å². The first-order chi connectivity index (χ1) is 9.16. The van der Waals surface area contributed by atoms with E-state index in [9.17, 15) is 9.90 Å². The Morgan fingerprint density at radius 3 is 2.95 bits per heavy atom. The van der Waals surface area contributed by atoms with Crippen LogP contribution < -0.4 is 5.56 Å². The van der Waals surface area contributed by atoms with Gasteiger partial charge in [0.1, 0.15) is 4.83 Å². The number of nitrogens with one attached hydrogen (secondary N) is 1. The summed E-state index contributed by atoms with van der Waals surface area (Å²) < 4.78 is 0. The van der Waals surface area contributed by atoms with Gasteiger partial charge in [0, 0.05) is 23.3 Å². The van der Waals surface area contributed by atoms with E-state index in [0.29, 0.717) is 21.5 Å². The fourth-order valence-electron chi connectivity index (χ4n) is 1.71. The first kappa shape index (κ1) is 11.5. The van der Waals surface area contributed by atoms with Crippen molar-refractivity contribution in [3.8, 4) is 11.3 Å². The Morgan fingerprint density at radius 2 is 2.26 bits per heavy atom. The molecule has 3 aromatic heterocycles. The molecule has 2 N–H and O–H groups in total. The second kappa shape index (κ2) is 4.29. The molecular weight excluding hydrogens is 264 g/mol. The molecule has 0 aliphatic heterocycles. The number of aromatic amines is 1. The third-order valence-corrected chi connectivity index (χ3v) is 3.43. The van der Waals surface area contributed by atoms with Gasteiger partial charge in [0.15, 0.2) is 11.6 Å². The van der Waals surface area contributed by atoms with Gasteiger partial charge < -0.3 is 10.1 Å². The first-order valence-electron chi connectivity index (χ1n) is 5.33. The van der Waals surface area contributed by atoms with Crippen molar-refractivity contribution in [1.82, 2.24) is 19.9 Å². The van der Waals surface area contributed by atoms with Crippen LogP contribution in [0.3, 0.4) is 0 Å². The lowest BCUT2D eigenvalue weighted by Crippen LogP contribution is -2.10. The predicted octanol–water partition coefficient (Wildman–Crippen LogP) is 1.97. The molecule has 0 amide bonds. The molecule has 6 nitrogen and oxygen atoms in total. The molecule has 3 rings (SSSR count). The molecule has 0 fully saturated rings. The van der Waals surface area contributed by atoms with Gasteiger partial charge >= 0.3 is 0 Å². The zero-order valence-corrected chi connectivity index (χ0v) is 10.4. The predicted molar refractivity (Wildman–Crippen MR) is 72.9 cm³/mol. The van der Waals surface area contributed by atoms with E-state index in [1.54, 1.807) is 24.0 Å². The Kier molecular flexibility index (Phi) is 2.60. The number of hydrogen-bond acceptors (Lipinski definition) is 6. The van der Waals surface area contributed by atoms with E-state index in [1.165, 1.54) is 11.3 Å². The topological polar surface area (TPSA) is 91.8 Å². The molecule has 3 aromatic rings. The first-order valence-corrected chi connectivity index (χ1v) is 6.21. The summed E-state index contributed by atoms with van der Waals surface area (Å²) in [5.41, 5.74) is 0.950. The number of aromatic nitrogens is 4. The van der Waals surface area contributed by atoms with Gasteiger partial charge in [0.25, 0.3) is 5.56 Å². The molecule has 0 unspecified atom stereocenters.